The van der Waals surface area contributed by atoms with Gasteiger partial charge in [-0.3, -0.25) is 4.79 Å². The van der Waals surface area contributed by atoms with Crippen molar-refractivity contribution in [1.29, 1.82) is 0 Å². The lowest BCUT2D eigenvalue weighted by Gasteiger charge is -2.14. The number of halogens is 4. The van der Waals surface area contributed by atoms with Crippen LogP contribution in [-0.4, -0.2) is 18.5 Å². The highest BCUT2D eigenvalue weighted by Gasteiger charge is 2.30. The van der Waals surface area contributed by atoms with Crippen molar-refractivity contribution in [3.63, 3.8) is 0 Å². The Kier molecular flexibility index (Phi) is 7.60. The highest BCUT2D eigenvalue weighted by Crippen LogP contribution is 2.30. The van der Waals surface area contributed by atoms with Gasteiger partial charge >= 0.3 is 6.18 Å². The molecule has 1 unspecified atom stereocenters. The minimum Gasteiger partial charge on any atom is -0.325 e. The Bertz CT molecular complexity index is 438. The Morgan fingerprint density at radius 3 is 2.55 bits per heavy atom. The molecule has 0 heterocycles. The molecule has 114 valence electrons. The zero-order chi connectivity index (χ0) is 14.5. The Labute approximate surface area is 122 Å². The first-order chi connectivity index (χ1) is 8.84. The standard InChI is InChI=1S/C13H17F3N2O.ClH/c1-3-7-17-9(2)12(19)18-11-6-4-5-10(8-11)13(14,15)16;/h4-6,8-9,17H,3,7H2,1-2H3,(H,18,19);1H. The number of hydrogen-bond acceptors (Lipinski definition) is 2. The summed E-state index contributed by atoms with van der Waals surface area (Å²) < 4.78 is 37.5. The van der Waals surface area contributed by atoms with E-state index in [4.69, 9.17) is 0 Å². The number of nitrogens with one attached hydrogen (secondary N) is 2. The normalized spacial score (nSPS) is 12.4. The molecule has 3 nitrogen and oxygen atoms in total. The van der Waals surface area contributed by atoms with Gasteiger partial charge in [0.1, 0.15) is 0 Å². The van der Waals surface area contributed by atoms with E-state index in [1.807, 2.05) is 6.92 Å². The first kappa shape index (κ1) is 18.7. The second kappa shape index (κ2) is 8.11. The maximum absolute atomic E-state index is 12.5. The van der Waals surface area contributed by atoms with Gasteiger partial charge in [-0.1, -0.05) is 13.0 Å². The fraction of sp³-hybridized carbons (Fsp3) is 0.462. The van der Waals surface area contributed by atoms with Crippen molar-refractivity contribution < 1.29 is 18.0 Å². The monoisotopic (exact) mass is 310 g/mol. The number of carbonyl (C=O) groups excluding carboxylic acids is 1. The van der Waals surface area contributed by atoms with Gasteiger partial charge in [0.15, 0.2) is 0 Å². The molecule has 0 aliphatic rings. The summed E-state index contributed by atoms with van der Waals surface area (Å²) in [6, 6.07) is 4.13. The Hall–Kier alpha value is -1.27. The fourth-order valence-electron chi connectivity index (χ4n) is 1.48. The third-order valence-electron chi connectivity index (χ3n) is 2.55. The van der Waals surface area contributed by atoms with E-state index in [0.717, 1.165) is 18.6 Å². The van der Waals surface area contributed by atoms with Gasteiger partial charge in [-0.25, -0.2) is 0 Å². The highest BCUT2D eigenvalue weighted by molar-refractivity contribution is 5.94. The summed E-state index contributed by atoms with van der Waals surface area (Å²) in [6.45, 7) is 4.31. The molecule has 0 fully saturated rings. The van der Waals surface area contributed by atoms with Crippen LogP contribution in [0.2, 0.25) is 0 Å². The van der Waals surface area contributed by atoms with Crippen LogP contribution in [0.4, 0.5) is 18.9 Å². The number of rotatable bonds is 5. The van der Waals surface area contributed by atoms with Gasteiger partial charge in [0.05, 0.1) is 11.6 Å². The third-order valence-corrected chi connectivity index (χ3v) is 2.55. The van der Waals surface area contributed by atoms with Gasteiger partial charge in [0, 0.05) is 5.69 Å². The van der Waals surface area contributed by atoms with E-state index < -0.39 is 17.8 Å². The van der Waals surface area contributed by atoms with Crippen molar-refractivity contribution in [2.75, 3.05) is 11.9 Å². The quantitative estimate of drug-likeness (QED) is 0.874. The molecule has 0 bridgehead atoms. The molecule has 0 aliphatic carbocycles. The van der Waals surface area contributed by atoms with Crippen LogP contribution in [0.25, 0.3) is 0 Å². The Morgan fingerprint density at radius 1 is 1.35 bits per heavy atom. The van der Waals surface area contributed by atoms with Crippen molar-refractivity contribution in [1.82, 2.24) is 5.32 Å². The molecule has 7 heteroatoms. The van der Waals surface area contributed by atoms with Crippen LogP contribution in [0.5, 0.6) is 0 Å². The average molecular weight is 311 g/mol. The smallest absolute Gasteiger partial charge is 0.325 e. The molecule has 0 saturated heterocycles. The number of benzene rings is 1. The lowest BCUT2D eigenvalue weighted by molar-refractivity contribution is -0.137. The van der Waals surface area contributed by atoms with Crippen LogP contribution in [0.15, 0.2) is 24.3 Å². The Morgan fingerprint density at radius 2 is 2.00 bits per heavy atom. The van der Waals surface area contributed by atoms with Crippen LogP contribution in [0, 0.1) is 0 Å². The molecular formula is C13H18ClF3N2O. The molecule has 1 rings (SSSR count). The molecule has 1 aromatic carbocycles. The first-order valence-electron chi connectivity index (χ1n) is 6.06. The van der Waals surface area contributed by atoms with E-state index in [0.29, 0.717) is 6.54 Å². The molecule has 1 aromatic rings. The van der Waals surface area contributed by atoms with E-state index in [1.54, 1.807) is 6.92 Å². The van der Waals surface area contributed by atoms with Gasteiger partial charge in [0.2, 0.25) is 5.91 Å². The summed E-state index contributed by atoms with van der Waals surface area (Å²) >= 11 is 0. The van der Waals surface area contributed by atoms with Crippen molar-refractivity contribution in [2.45, 2.75) is 32.5 Å². The van der Waals surface area contributed by atoms with Crippen LogP contribution in [0.1, 0.15) is 25.8 Å². The van der Waals surface area contributed by atoms with Crippen molar-refractivity contribution in [3.05, 3.63) is 29.8 Å². The molecule has 20 heavy (non-hydrogen) atoms. The molecule has 0 saturated carbocycles. The van der Waals surface area contributed by atoms with Gasteiger partial charge < -0.3 is 10.6 Å². The number of alkyl halides is 3. The largest absolute Gasteiger partial charge is 0.416 e. The van der Waals surface area contributed by atoms with Crippen LogP contribution < -0.4 is 10.6 Å². The molecule has 1 amide bonds. The van der Waals surface area contributed by atoms with Gasteiger partial charge in [-0.2, -0.15) is 13.2 Å². The minimum atomic E-state index is -4.41. The zero-order valence-corrected chi connectivity index (χ0v) is 12.1. The Balaban J connectivity index is 0.00000361. The molecule has 0 aromatic heterocycles. The maximum Gasteiger partial charge on any atom is 0.416 e. The molecule has 0 radical (unpaired) electrons. The molecular weight excluding hydrogens is 293 g/mol. The van der Waals surface area contributed by atoms with Crippen LogP contribution >= 0.6 is 12.4 Å². The van der Waals surface area contributed by atoms with Crippen LogP contribution in [-0.2, 0) is 11.0 Å². The van der Waals surface area contributed by atoms with E-state index in [9.17, 15) is 18.0 Å². The fourth-order valence-corrected chi connectivity index (χ4v) is 1.48. The summed E-state index contributed by atoms with van der Waals surface area (Å²) in [5.74, 6) is -0.354. The highest BCUT2D eigenvalue weighted by atomic mass is 35.5. The molecule has 2 N–H and O–H groups in total. The van der Waals surface area contributed by atoms with E-state index in [1.165, 1.54) is 12.1 Å². The molecule has 0 spiro atoms. The molecule has 0 aliphatic heterocycles. The number of anilines is 1. The lowest BCUT2D eigenvalue weighted by Crippen LogP contribution is -2.38. The first-order valence-corrected chi connectivity index (χ1v) is 6.06. The maximum atomic E-state index is 12.5. The van der Waals surface area contributed by atoms with Gasteiger partial charge in [0.25, 0.3) is 0 Å². The van der Waals surface area contributed by atoms with E-state index in [2.05, 4.69) is 10.6 Å². The number of amides is 1. The summed E-state index contributed by atoms with van der Waals surface area (Å²) in [5, 5.41) is 5.42. The zero-order valence-electron chi connectivity index (χ0n) is 11.3. The number of carbonyl (C=O) groups is 1. The summed E-state index contributed by atoms with van der Waals surface area (Å²) in [5.41, 5.74) is -0.635. The minimum absolute atomic E-state index is 0. The second-order valence-electron chi connectivity index (χ2n) is 4.24. The lowest BCUT2D eigenvalue weighted by atomic mass is 10.2. The second-order valence-corrected chi connectivity index (χ2v) is 4.24. The summed E-state index contributed by atoms with van der Waals surface area (Å²) in [4.78, 5) is 11.7. The summed E-state index contributed by atoms with van der Waals surface area (Å²) in [6.07, 6.45) is -3.53. The summed E-state index contributed by atoms with van der Waals surface area (Å²) in [7, 11) is 0. The third kappa shape index (κ3) is 5.79. The van der Waals surface area contributed by atoms with Crippen molar-refractivity contribution >= 4 is 24.0 Å². The van der Waals surface area contributed by atoms with Crippen LogP contribution in [0.3, 0.4) is 0 Å². The predicted octanol–water partition coefficient (Wildman–Crippen LogP) is 3.45. The SMILES string of the molecule is CCCNC(C)C(=O)Nc1cccc(C(F)(F)F)c1.Cl. The average Bonchev–Trinajstić information content (AvgIpc) is 2.35. The van der Waals surface area contributed by atoms with Gasteiger partial charge in [-0.15, -0.1) is 12.4 Å². The van der Waals surface area contributed by atoms with Crippen molar-refractivity contribution in [2.24, 2.45) is 0 Å². The van der Waals surface area contributed by atoms with E-state index >= 15 is 0 Å². The predicted molar refractivity (Wildman–Crippen MR) is 75.1 cm³/mol. The molecule has 1 atom stereocenters. The van der Waals surface area contributed by atoms with Gasteiger partial charge in [-0.05, 0) is 38.1 Å². The topological polar surface area (TPSA) is 41.1 Å². The van der Waals surface area contributed by atoms with Crippen molar-refractivity contribution in [3.8, 4) is 0 Å². The van der Waals surface area contributed by atoms with E-state index in [-0.39, 0.29) is 24.0 Å². The number of hydrogen-bond donors (Lipinski definition) is 2.